The molecule has 2 heterocycles. The van der Waals surface area contributed by atoms with Gasteiger partial charge in [0.25, 0.3) is 5.91 Å². The molecule has 1 atom stereocenters. The number of hydrogen-bond donors (Lipinski definition) is 0. The molecule has 9 heteroatoms. The largest absolute Gasteiger partial charge is 0.454 e. The topological polar surface area (TPSA) is 68.3 Å². The number of hydrogen-bond acceptors (Lipinski definition) is 5. The second-order valence-electron chi connectivity index (χ2n) is 8.01. The Morgan fingerprint density at radius 3 is 2.76 bits per heavy atom. The molecule has 2 aromatic rings. The van der Waals surface area contributed by atoms with Crippen LogP contribution in [0.1, 0.15) is 35.7 Å². The van der Waals surface area contributed by atoms with E-state index >= 15 is 0 Å². The maximum absolute atomic E-state index is 13.3. The van der Waals surface area contributed by atoms with Crippen molar-refractivity contribution in [3.05, 3.63) is 53.6 Å². The maximum Gasteiger partial charge on any atom is 0.387 e. The average molecular weight is 460 g/mol. The molecule has 0 bridgehead atoms. The highest BCUT2D eigenvalue weighted by Gasteiger charge is 2.32. The van der Waals surface area contributed by atoms with E-state index in [2.05, 4.69) is 4.74 Å². The lowest BCUT2D eigenvalue weighted by Gasteiger charge is -2.35. The van der Waals surface area contributed by atoms with Crippen LogP contribution in [-0.2, 0) is 11.3 Å². The van der Waals surface area contributed by atoms with Gasteiger partial charge in [-0.25, -0.2) is 0 Å². The second kappa shape index (κ2) is 10.1. The number of fused-ring (bicyclic) bond motifs is 1. The van der Waals surface area contributed by atoms with Crippen LogP contribution in [0.4, 0.5) is 8.78 Å². The van der Waals surface area contributed by atoms with Crippen molar-refractivity contribution in [1.29, 1.82) is 0 Å². The van der Waals surface area contributed by atoms with Crippen LogP contribution in [0, 0.1) is 5.92 Å². The van der Waals surface area contributed by atoms with Crippen molar-refractivity contribution in [2.24, 2.45) is 5.92 Å². The Balaban J connectivity index is 1.44. The number of carbonyl (C=O) groups excluding carboxylic acids is 2. The smallest absolute Gasteiger partial charge is 0.387 e. The van der Waals surface area contributed by atoms with Crippen LogP contribution in [0.15, 0.2) is 42.5 Å². The lowest BCUT2D eigenvalue weighted by molar-refractivity contribution is -0.137. The highest BCUT2D eigenvalue weighted by atomic mass is 19.3. The SMILES string of the molecule is CCN(Cc1ccc2c(c1)OCO2)C(=O)C1CCCN(C(=O)c2ccccc2OC(F)F)C1. The molecule has 1 unspecified atom stereocenters. The molecule has 0 aliphatic carbocycles. The van der Waals surface area contributed by atoms with E-state index in [1.807, 2.05) is 25.1 Å². The number of para-hydroxylation sites is 1. The van der Waals surface area contributed by atoms with Gasteiger partial charge < -0.3 is 24.0 Å². The summed E-state index contributed by atoms with van der Waals surface area (Å²) in [5, 5.41) is 0. The predicted octanol–water partition coefficient (Wildman–Crippen LogP) is 3.92. The van der Waals surface area contributed by atoms with Crippen molar-refractivity contribution in [1.82, 2.24) is 9.80 Å². The Labute approximate surface area is 190 Å². The molecular weight excluding hydrogens is 434 g/mol. The first-order valence-electron chi connectivity index (χ1n) is 11.0. The van der Waals surface area contributed by atoms with Crippen molar-refractivity contribution >= 4 is 11.8 Å². The lowest BCUT2D eigenvalue weighted by atomic mass is 9.95. The fourth-order valence-corrected chi connectivity index (χ4v) is 4.24. The number of alkyl halides is 2. The van der Waals surface area contributed by atoms with Gasteiger partial charge in [0.05, 0.1) is 11.5 Å². The highest BCUT2D eigenvalue weighted by molar-refractivity contribution is 5.97. The van der Waals surface area contributed by atoms with Crippen LogP contribution >= 0.6 is 0 Å². The van der Waals surface area contributed by atoms with Crippen molar-refractivity contribution in [3.8, 4) is 17.2 Å². The number of benzene rings is 2. The summed E-state index contributed by atoms with van der Waals surface area (Å²) in [5.74, 6) is 0.372. The molecule has 1 fully saturated rings. The molecule has 176 valence electrons. The van der Waals surface area contributed by atoms with Crippen LogP contribution in [0.3, 0.4) is 0 Å². The summed E-state index contributed by atoms with van der Waals surface area (Å²) < 4.78 is 40.8. The number of ether oxygens (including phenoxy) is 3. The number of piperidine rings is 1. The third kappa shape index (κ3) is 5.18. The lowest BCUT2D eigenvalue weighted by Crippen LogP contribution is -2.46. The molecule has 0 saturated carbocycles. The maximum atomic E-state index is 13.3. The van der Waals surface area contributed by atoms with Gasteiger partial charge in [-0.05, 0) is 49.6 Å². The van der Waals surface area contributed by atoms with Crippen LogP contribution in [0.25, 0.3) is 0 Å². The highest BCUT2D eigenvalue weighted by Crippen LogP contribution is 2.33. The van der Waals surface area contributed by atoms with Gasteiger partial charge in [0, 0.05) is 26.2 Å². The normalized spacial score (nSPS) is 17.2. The van der Waals surface area contributed by atoms with Gasteiger partial charge in [0.1, 0.15) is 5.75 Å². The van der Waals surface area contributed by atoms with Crippen LogP contribution in [0.5, 0.6) is 17.2 Å². The molecule has 4 rings (SSSR count). The van der Waals surface area contributed by atoms with E-state index in [9.17, 15) is 18.4 Å². The van der Waals surface area contributed by atoms with Crippen molar-refractivity contribution in [2.75, 3.05) is 26.4 Å². The van der Waals surface area contributed by atoms with Crippen molar-refractivity contribution in [3.63, 3.8) is 0 Å². The molecule has 1 saturated heterocycles. The minimum Gasteiger partial charge on any atom is -0.454 e. The minimum absolute atomic E-state index is 0.0372. The van der Waals surface area contributed by atoms with E-state index in [-0.39, 0.29) is 36.5 Å². The summed E-state index contributed by atoms with van der Waals surface area (Å²) in [6.07, 6.45) is 1.32. The average Bonchev–Trinajstić information content (AvgIpc) is 3.29. The zero-order chi connectivity index (χ0) is 23.4. The first-order valence-corrected chi connectivity index (χ1v) is 11.0. The zero-order valence-corrected chi connectivity index (χ0v) is 18.3. The molecule has 0 N–H and O–H groups in total. The van der Waals surface area contributed by atoms with Gasteiger partial charge >= 0.3 is 6.61 Å². The van der Waals surface area contributed by atoms with E-state index in [0.717, 1.165) is 5.56 Å². The van der Waals surface area contributed by atoms with Gasteiger partial charge in [0.15, 0.2) is 11.5 Å². The van der Waals surface area contributed by atoms with Crippen LogP contribution < -0.4 is 14.2 Å². The number of amides is 2. The molecule has 2 aliphatic heterocycles. The summed E-state index contributed by atoms with van der Waals surface area (Å²) in [6, 6.07) is 11.5. The van der Waals surface area contributed by atoms with E-state index < -0.39 is 12.5 Å². The minimum atomic E-state index is -3.02. The zero-order valence-electron chi connectivity index (χ0n) is 18.3. The molecular formula is C24H26F2N2O5. The third-order valence-corrected chi connectivity index (χ3v) is 5.90. The Morgan fingerprint density at radius 2 is 1.97 bits per heavy atom. The van der Waals surface area contributed by atoms with Crippen molar-refractivity contribution < 1.29 is 32.6 Å². The summed E-state index contributed by atoms with van der Waals surface area (Å²) in [6.45, 7) is 0.702. The van der Waals surface area contributed by atoms with Gasteiger partial charge in [-0.15, -0.1) is 0 Å². The summed E-state index contributed by atoms with van der Waals surface area (Å²) >= 11 is 0. The summed E-state index contributed by atoms with van der Waals surface area (Å²) in [7, 11) is 0. The van der Waals surface area contributed by atoms with Gasteiger partial charge in [-0.2, -0.15) is 8.78 Å². The quantitative estimate of drug-likeness (QED) is 0.627. The van der Waals surface area contributed by atoms with Crippen molar-refractivity contribution in [2.45, 2.75) is 32.9 Å². The molecule has 2 aromatic carbocycles. The standard InChI is InChI=1S/C24H26F2N2O5/c1-2-27(13-16-9-10-20-21(12-16)32-15-31-20)22(29)17-6-5-11-28(14-17)23(30)18-7-3-4-8-19(18)33-24(25)26/h3-4,7-10,12,17,24H,2,5-6,11,13-15H2,1H3. The molecule has 7 nitrogen and oxygen atoms in total. The number of carbonyl (C=O) groups is 2. The second-order valence-corrected chi connectivity index (χ2v) is 8.01. The van der Waals surface area contributed by atoms with Crippen LogP contribution in [-0.4, -0.2) is 54.7 Å². The van der Waals surface area contributed by atoms with Crippen LogP contribution in [0.2, 0.25) is 0 Å². The summed E-state index contributed by atoms with van der Waals surface area (Å²) in [5.41, 5.74) is 0.995. The number of likely N-dealkylation sites (tertiary alicyclic amines) is 1. The fraction of sp³-hybridized carbons (Fsp3) is 0.417. The number of halogens is 2. The number of nitrogens with zero attached hydrogens (tertiary/aromatic N) is 2. The molecule has 0 spiro atoms. The molecule has 0 aromatic heterocycles. The van der Waals surface area contributed by atoms with E-state index in [1.54, 1.807) is 15.9 Å². The van der Waals surface area contributed by atoms with Gasteiger partial charge in [-0.3, -0.25) is 9.59 Å². The predicted molar refractivity (Wildman–Crippen MR) is 115 cm³/mol. The van der Waals surface area contributed by atoms with Gasteiger partial charge in [-0.1, -0.05) is 18.2 Å². The first kappa shape index (κ1) is 22.8. The third-order valence-electron chi connectivity index (χ3n) is 5.90. The number of rotatable bonds is 7. The van der Waals surface area contributed by atoms with E-state index in [1.165, 1.54) is 18.2 Å². The monoisotopic (exact) mass is 460 g/mol. The first-order chi connectivity index (χ1) is 16.0. The molecule has 2 aliphatic rings. The Hall–Kier alpha value is -3.36. The fourth-order valence-electron chi connectivity index (χ4n) is 4.24. The van der Waals surface area contributed by atoms with Gasteiger partial charge in [0.2, 0.25) is 12.7 Å². The molecule has 33 heavy (non-hydrogen) atoms. The Kier molecular flexibility index (Phi) is 6.96. The van der Waals surface area contributed by atoms with E-state index in [0.29, 0.717) is 44.0 Å². The molecule has 0 radical (unpaired) electrons. The Morgan fingerprint density at radius 1 is 1.18 bits per heavy atom. The molecule has 2 amide bonds. The Bertz CT molecular complexity index is 1020. The van der Waals surface area contributed by atoms with E-state index in [4.69, 9.17) is 9.47 Å². The summed E-state index contributed by atoms with van der Waals surface area (Å²) in [4.78, 5) is 29.7.